The van der Waals surface area contributed by atoms with Crippen molar-refractivity contribution in [2.45, 2.75) is 50.5 Å². The minimum Gasteiger partial charge on any atom is -0.390 e. The lowest BCUT2D eigenvalue weighted by atomic mass is 10.1. The number of nitrogens with one attached hydrogen (secondary N) is 1. The highest BCUT2D eigenvalue weighted by Gasteiger charge is 2.74. The first kappa shape index (κ1) is 19.9. The molecule has 0 aliphatic heterocycles. The maximum absolute atomic E-state index is 10.4. The molecule has 0 amide bonds. The molecule has 2 aliphatic carbocycles. The third-order valence-corrected chi connectivity index (χ3v) is 5.95. The third-order valence-electron chi connectivity index (χ3n) is 5.68. The second-order valence-electron chi connectivity index (χ2n) is 7.52. The van der Waals surface area contributed by atoms with E-state index in [-0.39, 0.29) is 22.8 Å². The fourth-order valence-corrected chi connectivity index (χ4v) is 4.21. The highest BCUT2D eigenvalue weighted by Crippen LogP contribution is 2.56. The Morgan fingerprint density at radius 3 is 2.66 bits per heavy atom. The van der Waals surface area contributed by atoms with Crippen LogP contribution in [0.4, 0.5) is 11.8 Å². The number of nitrogen functional groups attached to an aromatic ring is 1. The minimum atomic E-state index is -1.48. The van der Waals surface area contributed by atoms with Crippen molar-refractivity contribution in [3.8, 4) is 11.8 Å². The molecule has 5 atom stereocenters. The number of aliphatic hydroxyl groups excluding tert-OH is 2. The summed E-state index contributed by atoms with van der Waals surface area (Å²) >= 11 is 6.27. The van der Waals surface area contributed by atoms with Gasteiger partial charge in [-0.15, -0.1) is 0 Å². The lowest BCUT2D eigenvalue weighted by molar-refractivity contribution is -0.0262. The summed E-state index contributed by atoms with van der Waals surface area (Å²) in [6.07, 6.45) is -0.935. The third kappa shape index (κ3) is 3.30. The molecule has 2 aromatic rings. The molecule has 2 aliphatic rings. The molecule has 8 nitrogen and oxygen atoms in total. The van der Waals surface area contributed by atoms with Gasteiger partial charge in [0.15, 0.2) is 5.15 Å². The number of hydrogen-bond donors (Lipinski definition) is 5. The van der Waals surface area contributed by atoms with Gasteiger partial charge in [0.1, 0.15) is 23.1 Å². The van der Waals surface area contributed by atoms with E-state index in [9.17, 15) is 15.3 Å². The number of pyridine rings is 1. The number of hydrogen-bond acceptors (Lipinski definition) is 8. The van der Waals surface area contributed by atoms with Crippen molar-refractivity contribution in [2.75, 3.05) is 11.1 Å². The first-order chi connectivity index (χ1) is 13.8. The molecule has 2 heterocycles. The van der Waals surface area contributed by atoms with Gasteiger partial charge in [-0.1, -0.05) is 30.4 Å². The zero-order chi connectivity index (χ0) is 20.9. The SMILES string of the molecule is CCc1nc(C)ccc1C#Cc1c(Cl)nc(N)nc1NC1CC2C(O)C2(O)C1O. The Balaban J connectivity index is 1.66. The van der Waals surface area contributed by atoms with Crippen LogP contribution in [0.25, 0.3) is 0 Å². The summed E-state index contributed by atoms with van der Waals surface area (Å²) in [6, 6.07) is 3.27. The van der Waals surface area contributed by atoms with Crippen LogP contribution >= 0.6 is 11.6 Å². The number of aliphatic hydroxyl groups is 3. The molecule has 2 saturated carbocycles. The minimum absolute atomic E-state index is 0.0364. The number of aromatic nitrogens is 3. The number of rotatable bonds is 3. The molecule has 4 rings (SSSR count). The molecular formula is C20H22ClN5O3. The van der Waals surface area contributed by atoms with E-state index in [0.717, 1.165) is 23.4 Å². The lowest BCUT2D eigenvalue weighted by Crippen LogP contribution is -2.42. The molecule has 0 bridgehead atoms. The van der Waals surface area contributed by atoms with Crippen molar-refractivity contribution >= 4 is 23.4 Å². The average Bonchev–Trinajstić information content (AvgIpc) is 3.08. The highest BCUT2D eigenvalue weighted by atomic mass is 35.5. The zero-order valence-corrected chi connectivity index (χ0v) is 16.8. The Morgan fingerprint density at radius 1 is 1.24 bits per heavy atom. The maximum atomic E-state index is 10.4. The molecule has 5 unspecified atom stereocenters. The summed E-state index contributed by atoms with van der Waals surface area (Å²) in [5.74, 6) is 5.92. The Bertz CT molecular complexity index is 1040. The van der Waals surface area contributed by atoms with Crippen molar-refractivity contribution in [1.82, 2.24) is 15.0 Å². The fraction of sp³-hybridized carbons (Fsp3) is 0.450. The second kappa shape index (κ2) is 7.11. The van der Waals surface area contributed by atoms with Crippen molar-refractivity contribution in [2.24, 2.45) is 5.92 Å². The van der Waals surface area contributed by atoms with Crippen molar-refractivity contribution in [3.05, 3.63) is 39.8 Å². The Morgan fingerprint density at radius 2 is 2.00 bits per heavy atom. The van der Waals surface area contributed by atoms with E-state index in [2.05, 4.69) is 32.1 Å². The number of anilines is 2. The first-order valence-corrected chi connectivity index (χ1v) is 9.80. The molecule has 152 valence electrons. The summed E-state index contributed by atoms with van der Waals surface area (Å²) in [6.45, 7) is 3.93. The van der Waals surface area contributed by atoms with Gasteiger partial charge >= 0.3 is 0 Å². The Labute approximate surface area is 173 Å². The van der Waals surface area contributed by atoms with E-state index < -0.39 is 23.9 Å². The van der Waals surface area contributed by atoms with Crippen LogP contribution in [0.5, 0.6) is 0 Å². The van der Waals surface area contributed by atoms with Gasteiger partial charge in [-0.25, -0.2) is 0 Å². The van der Waals surface area contributed by atoms with Crippen molar-refractivity contribution in [3.63, 3.8) is 0 Å². The monoisotopic (exact) mass is 415 g/mol. The molecule has 6 N–H and O–H groups in total. The van der Waals surface area contributed by atoms with E-state index in [1.54, 1.807) is 0 Å². The number of nitrogens with two attached hydrogens (primary N) is 1. The number of aryl methyl sites for hydroxylation is 2. The van der Waals surface area contributed by atoms with E-state index in [0.29, 0.717) is 12.0 Å². The van der Waals surface area contributed by atoms with Gasteiger partial charge in [-0.3, -0.25) is 4.98 Å². The van der Waals surface area contributed by atoms with Gasteiger partial charge in [0, 0.05) is 17.2 Å². The smallest absolute Gasteiger partial charge is 0.223 e. The van der Waals surface area contributed by atoms with Crippen molar-refractivity contribution < 1.29 is 15.3 Å². The molecule has 0 saturated heterocycles. The van der Waals surface area contributed by atoms with Gasteiger partial charge in [0.05, 0.1) is 17.8 Å². The van der Waals surface area contributed by atoms with E-state index in [1.807, 2.05) is 26.0 Å². The van der Waals surface area contributed by atoms with Gasteiger partial charge in [-0.2, -0.15) is 9.97 Å². The molecule has 0 spiro atoms. The Hall–Kier alpha value is -2.44. The lowest BCUT2D eigenvalue weighted by Gasteiger charge is -2.24. The molecular weight excluding hydrogens is 394 g/mol. The summed E-state index contributed by atoms with van der Waals surface area (Å²) in [5, 5.41) is 33.6. The largest absolute Gasteiger partial charge is 0.390 e. The van der Waals surface area contributed by atoms with Crippen molar-refractivity contribution in [1.29, 1.82) is 0 Å². The summed E-state index contributed by atoms with van der Waals surface area (Å²) in [4.78, 5) is 12.6. The maximum Gasteiger partial charge on any atom is 0.223 e. The van der Waals surface area contributed by atoms with Crippen LogP contribution in [0.1, 0.15) is 35.9 Å². The van der Waals surface area contributed by atoms with Gasteiger partial charge < -0.3 is 26.4 Å². The van der Waals surface area contributed by atoms with Crippen LogP contribution in [-0.2, 0) is 6.42 Å². The normalized spacial score (nSPS) is 29.7. The quantitative estimate of drug-likeness (QED) is 0.364. The van der Waals surface area contributed by atoms with E-state index >= 15 is 0 Å². The number of halogens is 1. The van der Waals surface area contributed by atoms with Gasteiger partial charge in [0.2, 0.25) is 5.95 Å². The summed E-state index contributed by atoms with van der Waals surface area (Å²) in [7, 11) is 0. The summed E-state index contributed by atoms with van der Waals surface area (Å²) in [5.41, 5.74) is 7.16. The number of fused-ring (bicyclic) bond motifs is 1. The highest BCUT2D eigenvalue weighted by molar-refractivity contribution is 6.31. The van der Waals surface area contributed by atoms with Crippen LogP contribution in [-0.4, -0.2) is 54.1 Å². The molecule has 29 heavy (non-hydrogen) atoms. The number of nitrogens with zero attached hydrogens (tertiary/aromatic N) is 3. The predicted molar refractivity (Wildman–Crippen MR) is 108 cm³/mol. The van der Waals surface area contributed by atoms with Crippen LogP contribution in [0.15, 0.2) is 12.1 Å². The Kier molecular flexibility index (Phi) is 4.87. The standard InChI is InChI=1S/C20H22ClN5O3/c1-3-13-10(5-4-9(2)23-13)6-7-11-17(21)25-19(22)26-18(11)24-14-8-12-15(27)20(12,29)16(14)28/h4-5,12,14-16,27-29H,3,8H2,1-2H3,(H3,22,24,25,26). The molecule has 2 fully saturated rings. The van der Waals surface area contributed by atoms with Crippen LogP contribution in [0, 0.1) is 24.7 Å². The average molecular weight is 416 g/mol. The molecule has 2 aromatic heterocycles. The molecule has 0 radical (unpaired) electrons. The van der Waals surface area contributed by atoms with Crippen LogP contribution < -0.4 is 11.1 Å². The first-order valence-electron chi connectivity index (χ1n) is 9.42. The zero-order valence-electron chi connectivity index (χ0n) is 16.0. The predicted octanol–water partition coefficient (Wildman–Crippen LogP) is 0.645. The van der Waals surface area contributed by atoms with Crippen LogP contribution in [0.3, 0.4) is 0 Å². The molecule has 9 heteroatoms. The fourth-order valence-electron chi connectivity index (χ4n) is 3.98. The summed E-state index contributed by atoms with van der Waals surface area (Å²) < 4.78 is 0. The second-order valence-corrected chi connectivity index (χ2v) is 7.87. The van der Waals surface area contributed by atoms with Crippen LogP contribution in [0.2, 0.25) is 5.15 Å². The molecule has 0 aromatic carbocycles. The van der Waals surface area contributed by atoms with E-state index in [4.69, 9.17) is 17.3 Å². The van der Waals surface area contributed by atoms with Gasteiger partial charge in [0.25, 0.3) is 0 Å². The topological polar surface area (TPSA) is 137 Å². The van der Waals surface area contributed by atoms with E-state index in [1.165, 1.54) is 0 Å². The van der Waals surface area contributed by atoms with Gasteiger partial charge in [-0.05, 0) is 31.9 Å².